The number of non-ortho nitro benzene ring substituents is 2. The lowest BCUT2D eigenvalue weighted by Crippen LogP contribution is -2.29. The molecule has 0 radical (unpaired) electrons. The molecule has 3 heterocycles. The fourth-order valence-electron chi connectivity index (χ4n) is 3.59. The van der Waals surface area contributed by atoms with Crippen molar-refractivity contribution in [2.24, 2.45) is 0 Å². The minimum absolute atomic E-state index is 0.0974. The molecule has 2 aromatic carbocycles. The van der Waals surface area contributed by atoms with Crippen LogP contribution in [0.5, 0.6) is 0 Å². The van der Waals surface area contributed by atoms with Crippen molar-refractivity contribution in [1.82, 2.24) is 30.4 Å². The van der Waals surface area contributed by atoms with Gasteiger partial charge in [-0.2, -0.15) is 9.78 Å². The lowest BCUT2D eigenvalue weighted by Gasteiger charge is -2.27. The molecule has 1 atom stereocenters. The Bertz CT molecular complexity index is 1430. The van der Waals surface area contributed by atoms with Gasteiger partial charge in [-0.15, -0.1) is 0 Å². The van der Waals surface area contributed by atoms with Gasteiger partial charge in [-0.25, -0.2) is 5.10 Å². The van der Waals surface area contributed by atoms with Crippen LogP contribution in [0.15, 0.2) is 53.3 Å². The number of anilines is 2. The van der Waals surface area contributed by atoms with Crippen LogP contribution in [-0.4, -0.2) is 40.3 Å². The van der Waals surface area contributed by atoms with Crippen LogP contribution < -0.4 is 10.9 Å². The van der Waals surface area contributed by atoms with E-state index in [0.29, 0.717) is 22.4 Å². The van der Waals surface area contributed by atoms with Gasteiger partial charge in [0.25, 0.3) is 16.9 Å². The molecule has 0 bridgehead atoms. The molecule has 1 aliphatic rings. The van der Waals surface area contributed by atoms with Crippen LogP contribution in [0.1, 0.15) is 17.2 Å². The highest BCUT2D eigenvalue weighted by atomic mass is 16.6. The Kier molecular flexibility index (Phi) is 4.18. The minimum Gasteiger partial charge on any atom is -0.318 e. The Hall–Kier alpha value is -5.01. The zero-order valence-corrected chi connectivity index (χ0v) is 15.9. The third-order valence-electron chi connectivity index (χ3n) is 5.04. The predicted octanol–water partition coefficient (Wildman–Crippen LogP) is 1.93. The molecule has 158 valence electrons. The first-order valence-electron chi connectivity index (χ1n) is 9.10. The van der Waals surface area contributed by atoms with Crippen molar-refractivity contribution in [1.29, 1.82) is 0 Å². The van der Waals surface area contributed by atoms with Crippen LogP contribution in [0.25, 0.3) is 11.3 Å². The largest absolute Gasteiger partial charge is 0.318 e. The Labute approximate surface area is 176 Å². The standard InChI is InChI=1S/C18H11N9O5/c28-17-15-13(14(20-21-17)9-1-5-11(6-2-9)26(29)30)16(25-18(19-15)22-23-24-25)10-3-7-12(8-4-10)27(31)32/h1-8,16H,(H,21,28)(H,19,22,24)/t16-/m1/s1. The number of nitrogens with one attached hydrogen (secondary N) is 2. The number of hydrogen-bond acceptors (Lipinski definition) is 10. The first-order chi connectivity index (χ1) is 15.4. The summed E-state index contributed by atoms with van der Waals surface area (Å²) in [7, 11) is 0. The predicted molar refractivity (Wildman–Crippen MR) is 108 cm³/mol. The van der Waals surface area contributed by atoms with Gasteiger partial charge in [0.15, 0.2) is 0 Å². The Morgan fingerprint density at radius 1 is 0.938 bits per heavy atom. The number of rotatable bonds is 4. The van der Waals surface area contributed by atoms with E-state index in [2.05, 4.69) is 31.0 Å². The number of fused-ring (bicyclic) bond motifs is 2. The average molecular weight is 433 g/mol. The maximum Gasteiger partial charge on any atom is 0.288 e. The molecule has 0 saturated heterocycles. The average Bonchev–Trinajstić information content (AvgIpc) is 3.27. The van der Waals surface area contributed by atoms with E-state index in [0.717, 1.165) is 0 Å². The first-order valence-corrected chi connectivity index (χ1v) is 9.10. The van der Waals surface area contributed by atoms with Gasteiger partial charge in [0.05, 0.1) is 15.5 Å². The van der Waals surface area contributed by atoms with Crippen molar-refractivity contribution in [2.45, 2.75) is 6.04 Å². The van der Waals surface area contributed by atoms with E-state index in [4.69, 9.17) is 0 Å². The number of aromatic nitrogens is 6. The van der Waals surface area contributed by atoms with E-state index < -0.39 is 21.4 Å². The molecule has 5 rings (SSSR count). The van der Waals surface area contributed by atoms with Gasteiger partial charge in [-0.3, -0.25) is 25.0 Å². The topological polar surface area (TPSA) is 188 Å². The van der Waals surface area contributed by atoms with Crippen LogP contribution in [-0.2, 0) is 0 Å². The molecule has 2 aromatic heterocycles. The molecule has 0 saturated carbocycles. The number of H-pyrrole nitrogens is 1. The number of benzene rings is 2. The molecule has 14 heteroatoms. The quantitative estimate of drug-likeness (QED) is 0.313. The highest BCUT2D eigenvalue weighted by Crippen LogP contribution is 2.41. The van der Waals surface area contributed by atoms with Crippen LogP contribution >= 0.6 is 0 Å². The fraction of sp³-hybridized carbons (Fsp3) is 0.0556. The zero-order valence-electron chi connectivity index (χ0n) is 15.9. The van der Waals surface area contributed by atoms with Gasteiger partial charge in [0.1, 0.15) is 11.7 Å². The molecule has 0 unspecified atom stereocenters. The summed E-state index contributed by atoms with van der Waals surface area (Å²) in [6.07, 6.45) is 0. The van der Waals surface area contributed by atoms with Gasteiger partial charge in [0, 0.05) is 35.4 Å². The van der Waals surface area contributed by atoms with Crippen molar-refractivity contribution in [3.63, 3.8) is 0 Å². The SMILES string of the molecule is O=c1[nH]nc(-c2ccc([N+](=O)[O-])cc2)c2c1Nc1nnnn1[C@@H]2c1ccc([N+](=O)[O-])cc1. The summed E-state index contributed by atoms with van der Waals surface area (Å²) in [6.45, 7) is 0. The highest BCUT2D eigenvalue weighted by molar-refractivity contribution is 5.75. The van der Waals surface area contributed by atoms with Crippen molar-refractivity contribution < 1.29 is 9.85 Å². The summed E-state index contributed by atoms with van der Waals surface area (Å²) in [6, 6.07) is 10.7. The van der Waals surface area contributed by atoms with E-state index in [1.54, 1.807) is 12.1 Å². The maximum atomic E-state index is 12.6. The van der Waals surface area contributed by atoms with E-state index in [-0.39, 0.29) is 23.0 Å². The van der Waals surface area contributed by atoms with E-state index in [1.165, 1.54) is 41.1 Å². The smallest absolute Gasteiger partial charge is 0.288 e. The lowest BCUT2D eigenvalue weighted by atomic mass is 9.92. The summed E-state index contributed by atoms with van der Waals surface area (Å²) in [5.41, 5.74) is 1.27. The monoisotopic (exact) mass is 433 g/mol. The van der Waals surface area contributed by atoms with Crippen LogP contribution in [0.2, 0.25) is 0 Å². The van der Waals surface area contributed by atoms with Crippen LogP contribution in [0, 0.1) is 20.2 Å². The molecule has 0 spiro atoms. The van der Waals surface area contributed by atoms with Gasteiger partial charge < -0.3 is 5.32 Å². The second-order valence-electron chi connectivity index (χ2n) is 6.82. The number of tetrazole rings is 1. The van der Waals surface area contributed by atoms with Gasteiger partial charge in [-0.05, 0) is 40.3 Å². The molecule has 14 nitrogen and oxygen atoms in total. The molecule has 4 aromatic rings. The number of nitro groups is 2. The summed E-state index contributed by atoms with van der Waals surface area (Å²) >= 11 is 0. The second-order valence-corrected chi connectivity index (χ2v) is 6.82. The first kappa shape index (κ1) is 19.0. The highest BCUT2D eigenvalue weighted by Gasteiger charge is 2.34. The summed E-state index contributed by atoms with van der Waals surface area (Å²) in [5.74, 6) is 0.201. The molecular formula is C18H11N9O5. The van der Waals surface area contributed by atoms with Gasteiger partial charge in [-0.1, -0.05) is 5.10 Å². The Morgan fingerprint density at radius 2 is 1.56 bits per heavy atom. The minimum atomic E-state index is -0.739. The Balaban J connectivity index is 1.74. The van der Waals surface area contributed by atoms with E-state index in [9.17, 15) is 25.0 Å². The van der Waals surface area contributed by atoms with Crippen molar-refractivity contribution in [3.05, 3.63) is 90.2 Å². The summed E-state index contributed by atoms with van der Waals surface area (Å²) < 4.78 is 1.43. The number of hydrogen-bond donors (Lipinski definition) is 2. The number of aromatic amines is 1. The van der Waals surface area contributed by atoms with Crippen molar-refractivity contribution >= 4 is 23.0 Å². The van der Waals surface area contributed by atoms with E-state index in [1.807, 2.05) is 0 Å². The second kappa shape index (κ2) is 7.05. The summed E-state index contributed by atoms with van der Waals surface area (Å²) in [4.78, 5) is 33.6. The van der Waals surface area contributed by atoms with Crippen LogP contribution in [0.4, 0.5) is 23.0 Å². The normalized spacial score (nSPS) is 14.2. The number of nitrogens with zero attached hydrogens (tertiary/aromatic N) is 7. The third-order valence-corrected chi connectivity index (χ3v) is 5.04. The zero-order chi connectivity index (χ0) is 22.4. The maximum absolute atomic E-state index is 12.6. The molecule has 0 fully saturated rings. The number of nitro benzene ring substituents is 2. The van der Waals surface area contributed by atoms with Gasteiger partial charge >= 0.3 is 0 Å². The molecule has 0 amide bonds. The molecule has 32 heavy (non-hydrogen) atoms. The molecular weight excluding hydrogens is 422 g/mol. The van der Waals surface area contributed by atoms with Crippen molar-refractivity contribution in [3.8, 4) is 11.3 Å². The van der Waals surface area contributed by atoms with Gasteiger partial charge in [0.2, 0.25) is 5.95 Å². The third kappa shape index (κ3) is 2.94. The summed E-state index contributed by atoms with van der Waals surface area (Å²) in [5, 5.41) is 43.1. The van der Waals surface area contributed by atoms with Crippen LogP contribution in [0.3, 0.4) is 0 Å². The molecule has 2 N–H and O–H groups in total. The lowest BCUT2D eigenvalue weighted by molar-refractivity contribution is -0.385. The Morgan fingerprint density at radius 3 is 2.19 bits per heavy atom. The van der Waals surface area contributed by atoms with Crippen molar-refractivity contribution in [2.75, 3.05) is 5.32 Å². The fourth-order valence-corrected chi connectivity index (χ4v) is 3.59. The van der Waals surface area contributed by atoms with E-state index >= 15 is 0 Å². The molecule has 0 aliphatic carbocycles. The molecule has 1 aliphatic heterocycles.